The molecule has 7 heteroatoms. The maximum atomic E-state index is 12.1. The summed E-state index contributed by atoms with van der Waals surface area (Å²) in [6.45, 7) is 4.85. The SMILES string of the molecule is CC(=O)NC(CC(=O)NCCC(C)(C)C(=O)O)c1ccc(Cl)cc1. The lowest BCUT2D eigenvalue weighted by atomic mass is 9.89. The van der Waals surface area contributed by atoms with Gasteiger partial charge in [-0.3, -0.25) is 14.4 Å². The van der Waals surface area contributed by atoms with Gasteiger partial charge in [0.15, 0.2) is 0 Å². The van der Waals surface area contributed by atoms with Crippen LogP contribution in [0.3, 0.4) is 0 Å². The number of carboxylic acids is 1. The van der Waals surface area contributed by atoms with Crippen molar-refractivity contribution in [2.75, 3.05) is 6.54 Å². The molecule has 0 aromatic heterocycles. The van der Waals surface area contributed by atoms with Crippen LogP contribution >= 0.6 is 11.6 Å². The fraction of sp³-hybridized carbons (Fsp3) is 0.471. The summed E-state index contributed by atoms with van der Waals surface area (Å²) >= 11 is 5.85. The smallest absolute Gasteiger partial charge is 0.309 e. The maximum Gasteiger partial charge on any atom is 0.309 e. The van der Waals surface area contributed by atoms with Crippen LogP contribution in [0.5, 0.6) is 0 Å². The van der Waals surface area contributed by atoms with Crippen molar-refractivity contribution in [3.63, 3.8) is 0 Å². The summed E-state index contributed by atoms with van der Waals surface area (Å²) in [5.41, 5.74) is -0.129. The second-order valence-electron chi connectivity index (χ2n) is 6.30. The second kappa shape index (κ2) is 8.68. The van der Waals surface area contributed by atoms with E-state index in [1.54, 1.807) is 38.1 Å². The molecular weight excluding hydrogens is 332 g/mol. The molecule has 24 heavy (non-hydrogen) atoms. The Hall–Kier alpha value is -2.08. The molecule has 0 saturated heterocycles. The first-order chi connectivity index (χ1) is 11.1. The largest absolute Gasteiger partial charge is 0.481 e. The first-order valence-electron chi connectivity index (χ1n) is 7.64. The molecule has 0 radical (unpaired) electrons. The number of nitrogens with one attached hydrogen (secondary N) is 2. The molecule has 0 heterocycles. The van der Waals surface area contributed by atoms with Crippen molar-refractivity contribution in [1.82, 2.24) is 10.6 Å². The maximum absolute atomic E-state index is 12.1. The van der Waals surface area contributed by atoms with Gasteiger partial charge in [-0.05, 0) is 38.0 Å². The lowest BCUT2D eigenvalue weighted by molar-refractivity contribution is -0.147. The van der Waals surface area contributed by atoms with Crippen LogP contribution in [-0.2, 0) is 14.4 Å². The molecule has 0 saturated carbocycles. The van der Waals surface area contributed by atoms with E-state index in [9.17, 15) is 14.4 Å². The van der Waals surface area contributed by atoms with Gasteiger partial charge in [-0.2, -0.15) is 0 Å². The Labute approximate surface area is 146 Å². The molecule has 0 aliphatic carbocycles. The zero-order chi connectivity index (χ0) is 18.3. The number of benzene rings is 1. The molecule has 0 aliphatic rings. The van der Waals surface area contributed by atoms with E-state index in [2.05, 4.69) is 10.6 Å². The quantitative estimate of drug-likeness (QED) is 0.668. The Morgan fingerprint density at radius 3 is 2.29 bits per heavy atom. The number of amides is 2. The van der Waals surface area contributed by atoms with Crippen molar-refractivity contribution in [1.29, 1.82) is 0 Å². The number of hydrogen-bond donors (Lipinski definition) is 3. The van der Waals surface area contributed by atoms with Gasteiger partial charge in [0.2, 0.25) is 11.8 Å². The van der Waals surface area contributed by atoms with Gasteiger partial charge in [0.25, 0.3) is 0 Å². The summed E-state index contributed by atoms with van der Waals surface area (Å²) in [6, 6.07) is 6.43. The molecule has 1 rings (SSSR count). The zero-order valence-corrected chi connectivity index (χ0v) is 14.8. The van der Waals surface area contributed by atoms with E-state index in [4.69, 9.17) is 16.7 Å². The molecule has 3 N–H and O–H groups in total. The third-order valence-electron chi connectivity index (χ3n) is 3.69. The lowest BCUT2D eigenvalue weighted by Crippen LogP contribution is -2.35. The van der Waals surface area contributed by atoms with Gasteiger partial charge in [-0.1, -0.05) is 23.7 Å². The Kier molecular flexibility index (Phi) is 7.22. The monoisotopic (exact) mass is 354 g/mol. The van der Waals surface area contributed by atoms with E-state index in [0.717, 1.165) is 5.56 Å². The van der Waals surface area contributed by atoms with E-state index in [-0.39, 0.29) is 24.8 Å². The lowest BCUT2D eigenvalue weighted by Gasteiger charge is -2.21. The highest BCUT2D eigenvalue weighted by Crippen LogP contribution is 2.21. The van der Waals surface area contributed by atoms with E-state index in [0.29, 0.717) is 11.4 Å². The normalized spacial score (nSPS) is 12.3. The molecule has 132 valence electrons. The van der Waals surface area contributed by atoms with Crippen LogP contribution in [0.25, 0.3) is 0 Å². The van der Waals surface area contributed by atoms with Crippen LogP contribution in [0.1, 0.15) is 45.2 Å². The van der Waals surface area contributed by atoms with Gasteiger partial charge in [0.1, 0.15) is 0 Å². The van der Waals surface area contributed by atoms with Crippen molar-refractivity contribution < 1.29 is 19.5 Å². The van der Waals surface area contributed by atoms with Gasteiger partial charge >= 0.3 is 5.97 Å². The molecular formula is C17H23ClN2O4. The predicted octanol–water partition coefficient (Wildman–Crippen LogP) is 2.52. The highest BCUT2D eigenvalue weighted by Gasteiger charge is 2.26. The Morgan fingerprint density at radius 2 is 1.79 bits per heavy atom. The van der Waals surface area contributed by atoms with Crippen LogP contribution in [0, 0.1) is 5.41 Å². The van der Waals surface area contributed by atoms with E-state index < -0.39 is 17.4 Å². The molecule has 6 nitrogen and oxygen atoms in total. The van der Waals surface area contributed by atoms with Crippen LogP contribution in [0.4, 0.5) is 0 Å². The minimum absolute atomic E-state index is 0.0642. The van der Waals surface area contributed by atoms with Crippen molar-refractivity contribution in [2.45, 2.75) is 39.7 Å². The summed E-state index contributed by atoms with van der Waals surface area (Å²) in [4.78, 5) is 34.5. The number of rotatable bonds is 8. The molecule has 0 fully saturated rings. The first kappa shape index (κ1) is 20.0. The standard InChI is InChI=1S/C17H23ClN2O4/c1-11(21)20-14(12-4-6-13(18)7-5-12)10-15(22)19-9-8-17(2,3)16(23)24/h4-7,14H,8-10H2,1-3H3,(H,19,22)(H,20,21)(H,23,24). The van der Waals surface area contributed by atoms with E-state index in [1.807, 2.05) is 0 Å². The molecule has 1 aromatic carbocycles. The molecule has 2 amide bonds. The summed E-state index contributed by atoms with van der Waals surface area (Å²) in [6.07, 6.45) is 0.383. The second-order valence-corrected chi connectivity index (χ2v) is 6.73. The van der Waals surface area contributed by atoms with Gasteiger partial charge in [0.05, 0.1) is 17.9 Å². The average Bonchev–Trinajstić information content (AvgIpc) is 2.46. The van der Waals surface area contributed by atoms with Crippen LogP contribution < -0.4 is 10.6 Å². The number of carboxylic acid groups (broad SMARTS) is 1. The summed E-state index contributed by atoms with van der Waals surface area (Å²) in [5.74, 6) is -1.41. The van der Waals surface area contributed by atoms with Gasteiger partial charge in [-0.15, -0.1) is 0 Å². The fourth-order valence-electron chi connectivity index (χ4n) is 2.07. The first-order valence-corrected chi connectivity index (χ1v) is 8.02. The van der Waals surface area contributed by atoms with E-state index in [1.165, 1.54) is 6.92 Å². The van der Waals surface area contributed by atoms with Gasteiger partial charge in [0, 0.05) is 18.5 Å². The Bertz CT molecular complexity index is 599. The van der Waals surface area contributed by atoms with Crippen molar-refractivity contribution in [2.24, 2.45) is 5.41 Å². The number of carbonyl (C=O) groups is 3. The Balaban J connectivity index is 2.63. The Morgan fingerprint density at radius 1 is 1.21 bits per heavy atom. The molecule has 1 aromatic rings. The van der Waals surface area contributed by atoms with Crippen LogP contribution in [0.2, 0.25) is 5.02 Å². The van der Waals surface area contributed by atoms with Gasteiger partial charge < -0.3 is 15.7 Å². The third kappa shape index (κ3) is 6.58. The van der Waals surface area contributed by atoms with Gasteiger partial charge in [-0.25, -0.2) is 0 Å². The minimum atomic E-state index is -0.908. The predicted molar refractivity (Wildman–Crippen MR) is 91.7 cm³/mol. The molecule has 1 unspecified atom stereocenters. The minimum Gasteiger partial charge on any atom is -0.481 e. The van der Waals surface area contributed by atoms with Crippen molar-refractivity contribution >= 4 is 29.4 Å². The van der Waals surface area contributed by atoms with Crippen LogP contribution in [-0.4, -0.2) is 29.4 Å². The molecule has 1 atom stereocenters. The zero-order valence-electron chi connectivity index (χ0n) is 14.1. The fourth-order valence-corrected chi connectivity index (χ4v) is 2.20. The van der Waals surface area contributed by atoms with Crippen LogP contribution in [0.15, 0.2) is 24.3 Å². The topological polar surface area (TPSA) is 95.5 Å². The highest BCUT2D eigenvalue weighted by atomic mass is 35.5. The third-order valence-corrected chi connectivity index (χ3v) is 3.94. The number of carbonyl (C=O) groups excluding carboxylic acids is 2. The van der Waals surface area contributed by atoms with E-state index >= 15 is 0 Å². The highest BCUT2D eigenvalue weighted by molar-refractivity contribution is 6.30. The number of aliphatic carboxylic acids is 1. The summed E-state index contributed by atoms with van der Waals surface area (Å²) in [7, 11) is 0. The summed E-state index contributed by atoms with van der Waals surface area (Å²) < 4.78 is 0. The number of halogens is 1. The molecule has 0 bridgehead atoms. The number of hydrogen-bond acceptors (Lipinski definition) is 3. The van der Waals surface area contributed by atoms with Crippen molar-refractivity contribution in [3.8, 4) is 0 Å². The molecule has 0 spiro atoms. The van der Waals surface area contributed by atoms with Crippen molar-refractivity contribution in [3.05, 3.63) is 34.9 Å². The summed E-state index contributed by atoms with van der Waals surface area (Å²) in [5, 5.41) is 15.1. The molecule has 0 aliphatic heterocycles. The average molecular weight is 355 g/mol.